The molecule has 0 radical (unpaired) electrons. The lowest BCUT2D eigenvalue weighted by Gasteiger charge is -2.25. The van der Waals surface area contributed by atoms with Crippen LogP contribution in [0.3, 0.4) is 0 Å². The van der Waals surface area contributed by atoms with Gasteiger partial charge in [-0.05, 0) is 67.2 Å². The molecule has 1 aliphatic heterocycles. The highest BCUT2D eigenvalue weighted by molar-refractivity contribution is 7.80. The van der Waals surface area contributed by atoms with Crippen molar-refractivity contribution in [3.8, 4) is 0 Å². The molecule has 3 aromatic carbocycles. The SMILES string of the molecule is CCN1C(=O)C(=Cc2ccc(N(c3ccccc3)c3ccccc3)cc2)OC1=S. The van der Waals surface area contributed by atoms with E-state index in [1.54, 1.807) is 6.08 Å². The van der Waals surface area contributed by atoms with Crippen LogP contribution in [0.4, 0.5) is 17.1 Å². The summed E-state index contributed by atoms with van der Waals surface area (Å²) >= 11 is 5.11. The van der Waals surface area contributed by atoms with E-state index < -0.39 is 0 Å². The third kappa shape index (κ3) is 3.91. The summed E-state index contributed by atoms with van der Waals surface area (Å²) in [6.07, 6.45) is 1.73. The van der Waals surface area contributed by atoms with E-state index in [2.05, 4.69) is 29.2 Å². The van der Waals surface area contributed by atoms with Gasteiger partial charge in [0.15, 0.2) is 5.76 Å². The van der Waals surface area contributed by atoms with Gasteiger partial charge in [0.2, 0.25) is 0 Å². The predicted molar refractivity (Wildman–Crippen MR) is 120 cm³/mol. The minimum absolute atomic E-state index is 0.197. The zero-order valence-corrected chi connectivity index (χ0v) is 16.8. The first-order chi connectivity index (χ1) is 14.2. The van der Waals surface area contributed by atoms with Crippen LogP contribution in [-0.4, -0.2) is 22.5 Å². The number of benzene rings is 3. The van der Waals surface area contributed by atoms with Crippen molar-refractivity contribution in [1.29, 1.82) is 0 Å². The molecule has 1 aliphatic rings. The van der Waals surface area contributed by atoms with Gasteiger partial charge in [-0.2, -0.15) is 0 Å². The van der Waals surface area contributed by atoms with Gasteiger partial charge < -0.3 is 9.64 Å². The topological polar surface area (TPSA) is 32.8 Å². The van der Waals surface area contributed by atoms with Gasteiger partial charge in [0.05, 0.1) is 0 Å². The number of hydrogen-bond donors (Lipinski definition) is 0. The van der Waals surface area contributed by atoms with Crippen LogP contribution in [0.2, 0.25) is 0 Å². The standard InChI is InChI=1S/C24H20N2O2S/c1-2-25-23(27)22(28-24(25)29)17-18-13-15-21(16-14-18)26(19-9-5-3-6-10-19)20-11-7-4-8-12-20/h3-17H,2H2,1H3. The summed E-state index contributed by atoms with van der Waals surface area (Å²) in [6.45, 7) is 2.37. The molecule has 0 bridgehead atoms. The minimum atomic E-state index is -0.197. The van der Waals surface area contributed by atoms with E-state index in [1.165, 1.54) is 4.90 Å². The Balaban J connectivity index is 1.66. The largest absolute Gasteiger partial charge is 0.426 e. The molecule has 0 spiro atoms. The molecule has 0 aromatic heterocycles. The number of amides is 1. The van der Waals surface area contributed by atoms with Crippen molar-refractivity contribution in [3.63, 3.8) is 0 Å². The average Bonchev–Trinajstić information content (AvgIpc) is 3.03. The number of hydrogen-bond acceptors (Lipinski definition) is 4. The molecule has 4 nitrogen and oxygen atoms in total. The molecule has 1 heterocycles. The highest BCUT2D eigenvalue weighted by Crippen LogP contribution is 2.34. The number of carbonyl (C=O) groups is 1. The van der Waals surface area contributed by atoms with Gasteiger partial charge in [-0.1, -0.05) is 48.5 Å². The Bertz CT molecular complexity index is 1010. The van der Waals surface area contributed by atoms with Gasteiger partial charge in [-0.3, -0.25) is 9.69 Å². The number of rotatable bonds is 5. The fourth-order valence-corrected chi connectivity index (χ4v) is 3.55. The van der Waals surface area contributed by atoms with Crippen molar-refractivity contribution >= 4 is 46.4 Å². The maximum absolute atomic E-state index is 12.3. The summed E-state index contributed by atoms with van der Waals surface area (Å²) in [5.41, 5.74) is 4.04. The molecule has 0 aliphatic carbocycles. The molecule has 0 unspecified atom stereocenters. The Morgan fingerprint density at radius 3 is 1.86 bits per heavy atom. The molecule has 1 fully saturated rings. The van der Waals surface area contributed by atoms with Crippen molar-refractivity contribution in [2.24, 2.45) is 0 Å². The van der Waals surface area contributed by atoms with Crippen LogP contribution in [0.5, 0.6) is 0 Å². The molecule has 1 amide bonds. The van der Waals surface area contributed by atoms with Crippen LogP contribution in [0, 0.1) is 0 Å². The highest BCUT2D eigenvalue weighted by atomic mass is 32.1. The fraction of sp³-hybridized carbons (Fsp3) is 0.0833. The Labute approximate surface area is 175 Å². The molecule has 144 valence electrons. The summed E-state index contributed by atoms with van der Waals surface area (Å²) in [4.78, 5) is 16.0. The van der Waals surface area contributed by atoms with E-state index >= 15 is 0 Å². The van der Waals surface area contributed by atoms with E-state index in [1.807, 2.05) is 67.6 Å². The molecular formula is C24H20N2O2S. The number of ether oxygens (including phenoxy) is 1. The third-order valence-electron chi connectivity index (χ3n) is 4.67. The first-order valence-corrected chi connectivity index (χ1v) is 9.84. The Kier molecular flexibility index (Phi) is 5.40. The summed E-state index contributed by atoms with van der Waals surface area (Å²) in [5, 5.41) is 0.208. The second kappa shape index (κ2) is 8.29. The smallest absolute Gasteiger partial charge is 0.297 e. The molecule has 1 saturated heterocycles. The minimum Gasteiger partial charge on any atom is -0.426 e. The summed E-state index contributed by atoms with van der Waals surface area (Å²) in [6, 6.07) is 28.4. The van der Waals surface area contributed by atoms with E-state index in [-0.39, 0.29) is 16.8 Å². The quantitative estimate of drug-likeness (QED) is 0.409. The van der Waals surface area contributed by atoms with Crippen molar-refractivity contribution in [1.82, 2.24) is 4.90 Å². The summed E-state index contributed by atoms with van der Waals surface area (Å²) in [7, 11) is 0. The first kappa shape index (κ1) is 18.9. The Hall–Kier alpha value is -3.44. The number of anilines is 3. The Morgan fingerprint density at radius 1 is 0.862 bits per heavy atom. The molecular weight excluding hydrogens is 380 g/mol. The third-order valence-corrected chi connectivity index (χ3v) is 4.97. The molecule has 0 N–H and O–H groups in total. The fourth-order valence-electron chi connectivity index (χ4n) is 3.24. The monoisotopic (exact) mass is 400 g/mol. The molecule has 0 saturated carbocycles. The lowest BCUT2D eigenvalue weighted by molar-refractivity contribution is -0.122. The molecule has 4 rings (SSSR count). The molecule has 0 atom stereocenters. The van der Waals surface area contributed by atoms with Gasteiger partial charge in [0, 0.05) is 23.6 Å². The van der Waals surface area contributed by atoms with Crippen LogP contribution in [0.1, 0.15) is 12.5 Å². The van der Waals surface area contributed by atoms with Crippen molar-refractivity contribution in [3.05, 3.63) is 96.3 Å². The second-order valence-electron chi connectivity index (χ2n) is 6.52. The van der Waals surface area contributed by atoms with Crippen LogP contribution >= 0.6 is 12.2 Å². The van der Waals surface area contributed by atoms with Crippen LogP contribution in [0.25, 0.3) is 6.08 Å². The van der Waals surface area contributed by atoms with Gasteiger partial charge in [-0.15, -0.1) is 0 Å². The van der Waals surface area contributed by atoms with Gasteiger partial charge in [-0.25, -0.2) is 0 Å². The summed E-state index contributed by atoms with van der Waals surface area (Å²) < 4.78 is 5.46. The number of para-hydroxylation sites is 2. The first-order valence-electron chi connectivity index (χ1n) is 9.43. The maximum Gasteiger partial charge on any atom is 0.297 e. The average molecular weight is 401 g/mol. The maximum atomic E-state index is 12.3. The lowest BCUT2D eigenvalue weighted by atomic mass is 10.1. The zero-order valence-electron chi connectivity index (χ0n) is 16.0. The lowest BCUT2D eigenvalue weighted by Crippen LogP contribution is -2.27. The van der Waals surface area contributed by atoms with Gasteiger partial charge in [0.25, 0.3) is 11.1 Å². The van der Waals surface area contributed by atoms with Gasteiger partial charge in [0.1, 0.15) is 0 Å². The van der Waals surface area contributed by atoms with Gasteiger partial charge >= 0.3 is 0 Å². The molecule has 29 heavy (non-hydrogen) atoms. The van der Waals surface area contributed by atoms with Crippen LogP contribution in [-0.2, 0) is 9.53 Å². The number of carbonyl (C=O) groups excluding carboxylic acids is 1. The Morgan fingerprint density at radius 2 is 1.38 bits per heavy atom. The van der Waals surface area contributed by atoms with Crippen LogP contribution < -0.4 is 4.90 Å². The van der Waals surface area contributed by atoms with Crippen molar-refractivity contribution in [2.75, 3.05) is 11.4 Å². The number of likely N-dealkylation sites (N-methyl/N-ethyl adjacent to an activating group) is 1. The van der Waals surface area contributed by atoms with E-state index in [0.29, 0.717) is 6.54 Å². The second-order valence-corrected chi connectivity index (χ2v) is 6.87. The predicted octanol–water partition coefficient (Wildman–Crippen LogP) is 5.66. The summed E-state index contributed by atoms with van der Waals surface area (Å²) in [5.74, 6) is 0.0596. The number of nitrogens with zero attached hydrogens (tertiary/aromatic N) is 2. The molecule has 3 aromatic rings. The normalized spacial score (nSPS) is 14.9. The van der Waals surface area contributed by atoms with Crippen LogP contribution in [0.15, 0.2) is 90.7 Å². The van der Waals surface area contributed by atoms with E-state index in [4.69, 9.17) is 17.0 Å². The zero-order chi connectivity index (χ0) is 20.2. The number of thiocarbonyl (C=S) groups is 1. The molecule has 5 heteroatoms. The van der Waals surface area contributed by atoms with Crippen molar-refractivity contribution in [2.45, 2.75) is 6.92 Å². The van der Waals surface area contributed by atoms with E-state index in [0.717, 1.165) is 22.6 Å². The van der Waals surface area contributed by atoms with Crippen molar-refractivity contribution < 1.29 is 9.53 Å². The van der Waals surface area contributed by atoms with E-state index in [9.17, 15) is 4.79 Å². The highest BCUT2D eigenvalue weighted by Gasteiger charge is 2.31.